The number of aromatic nitrogens is 1. The van der Waals surface area contributed by atoms with Gasteiger partial charge in [0, 0.05) is 19.3 Å². The number of aromatic carboxylic acids is 1. The van der Waals surface area contributed by atoms with E-state index in [1.807, 2.05) is 4.90 Å². The Morgan fingerprint density at radius 1 is 1.37 bits per heavy atom. The number of amides is 1. The third-order valence-corrected chi connectivity index (χ3v) is 4.04. The molecule has 1 aromatic rings. The van der Waals surface area contributed by atoms with Crippen molar-refractivity contribution in [2.45, 2.75) is 26.8 Å². The van der Waals surface area contributed by atoms with Crippen LogP contribution in [0.15, 0.2) is 18.3 Å². The van der Waals surface area contributed by atoms with Crippen molar-refractivity contribution < 1.29 is 14.7 Å². The van der Waals surface area contributed by atoms with Crippen molar-refractivity contribution in [1.29, 1.82) is 0 Å². The summed E-state index contributed by atoms with van der Waals surface area (Å²) in [6.07, 6.45) is 2.65. The lowest BCUT2D eigenvalue weighted by molar-refractivity contribution is -0.134. The summed E-state index contributed by atoms with van der Waals surface area (Å²) in [4.78, 5) is 25.0. The van der Waals surface area contributed by atoms with E-state index in [0.717, 1.165) is 19.5 Å². The molecule has 104 valence electrons. The summed E-state index contributed by atoms with van der Waals surface area (Å²) in [5, 5.41) is 9.01. The van der Waals surface area contributed by atoms with E-state index < -0.39 is 5.97 Å². The normalized spacial score (nSPS) is 23.4. The van der Waals surface area contributed by atoms with E-state index in [1.165, 1.54) is 10.6 Å². The van der Waals surface area contributed by atoms with Crippen LogP contribution in [0.3, 0.4) is 0 Å². The molecule has 2 atom stereocenters. The number of hydrogen-bond donors (Lipinski definition) is 1. The monoisotopic (exact) mass is 264 g/mol. The molecule has 0 saturated carbocycles. The first-order valence-electron chi connectivity index (χ1n) is 6.65. The molecule has 1 fully saturated rings. The Hall–Kier alpha value is -1.78. The molecule has 5 nitrogen and oxygen atoms in total. The van der Waals surface area contributed by atoms with Crippen LogP contribution >= 0.6 is 0 Å². The maximum atomic E-state index is 12.2. The molecular formula is C14H20N2O3. The first kappa shape index (κ1) is 13.6. The number of piperidine rings is 1. The fourth-order valence-electron chi connectivity index (χ4n) is 2.48. The zero-order valence-corrected chi connectivity index (χ0v) is 11.4. The lowest BCUT2D eigenvalue weighted by Gasteiger charge is -2.35. The highest BCUT2D eigenvalue weighted by Gasteiger charge is 2.26. The topological polar surface area (TPSA) is 62.5 Å². The number of carbonyl (C=O) groups is 2. The van der Waals surface area contributed by atoms with Crippen LogP contribution in [0.1, 0.15) is 30.8 Å². The lowest BCUT2D eigenvalue weighted by atomic mass is 9.89. The van der Waals surface area contributed by atoms with Crippen LogP contribution < -0.4 is 0 Å². The Morgan fingerprint density at radius 2 is 2.11 bits per heavy atom. The van der Waals surface area contributed by atoms with Gasteiger partial charge in [-0.15, -0.1) is 0 Å². The van der Waals surface area contributed by atoms with E-state index in [4.69, 9.17) is 5.11 Å². The van der Waals surface area contributed by atoms with Gasteiger partial charge >= 0.3 is 5.97 Å². The number of nitrogens with zero attached hydrogens (tertiary/aromatic N) is 2. The number of carbonyl (C=O) groups excluding carboxylic acids is 1. The highest BCUT2D eigenvalue weighted by molar-refractivity contribution is 5.86. The van der Waals surface area contributed by atoms with Crippen molar-refractivity contribution in [1.82, 2.24) is 9.47 Å². The molecule has 2 heterocycles. The summed E-state index contributed by atoms with van der Waals surface area (Å²) in [5.41, 5.74) is 0.159. The van der Waals surface area contributed by atoms with Crippen LogP contribution in [-0.2, 0) is 11.3 Å². The third-order valence-electron chi connectivity index (χ3n) is 4.04. The number of likely N-dealkylation sites (tertiary alicyclic amines) is 1. The van der Waals surface area contributed by atoms with Gasteiger partial charge in [0.1, 0.15) is 12.2 Å². The van der Waals surface area contributed by atoms with E-state index in [2.05, 4.69) is 13.8 Å². The van der Waals surface area contributed by atoms with Crippen molar-refractivity contribution >= 4 is 11.9 Å². The Morgan fingerprint density at radius 3 is 2.74 bits per heavy atom. The molecule has 1 aliphatic heterocycles. The van der Waals surface area contributed by atoms with Gasteiger partial charge in [0.05, 0.1) is 0 Å². The van der Waals surface area contributed by atoms with Gasteiger partial charge in [-0.3, -0.25) is 4.79 Å². The van der Waals surface area contributed by atoms with Crippen molar-refractivity contribution in [3.8, 4) is 0 Å². The fourth-order valence-corrected chi connectivity index (χ4v) is 2.48. The number of rotatable bonds is 3. The van der Waals surface area contributed by atoms with Crippen LogP contribution in [0.25, 0.3) is 0 Å². The first-order chi connectivity index (χ1) is 8.99. The standard InChI is InChI=1S/C14H20N2O3/c1-10-5-7-16(8-11(10)2)13(17)9-15-6-3-4-12(15)14(18)19/h3-4,6,10-11H,5,7-9H2,1-2H3,(H,18,19). The minimum Gasteiger partial charge on any atom is -0.477 e. The Bertz CT molecular complexity index is 481. The summed E-state index contributed by atoms with van der Waals surface area (Å²) < 4.78 is 1.49. The number of carboxylic acid groups (broad SMARTS) is 1. The van der Waals surface area contributed by atoms with Crippen LogP contribution in [0.5, 0.6) is 0 Å². The van der Waals surface area contributed by atoms with Crippen molar-refractivity contribution in [3.05, 3.63) is 24.0 Å². The highest BCUT2D eigenvalue weighted by Crippen LogP contribution is 2.22. The molecule has 1 saturated heterocycles. The van der Waals surface area contributed by atoms with Gasteiger partial charge in [-0.2, -0.15) is 0 Å². The fraction of sp³-hybridized carbons (Fsp3) is 0.571. The molecule has 0 radical (unpaired) electrons. The predicted octanol–water partition coefficient (Wildman–Crippen LogP) is 1.69. The van der Waals surface area contributed by atoms with Gasteiger partial charge in [0.2, 0.25) is 5.91 Å². The zero-order valence-electron chi connectivity index (χ0n) is 11.4. The quantitative estimate of drug-likeness (QED) is 0.903. The molecule has 1 aliphatic rings. The molecule has 0 spiro atoms. The Kier molecular flexibility index (Phi) is 3.93. The lowest BCUT2D eigenvalue weighted by Crippen LogP contribution is -2.43. The molecule has 0 aromatic carbocycles. The maximum absolute atomic E-state index is 12.2. The van der Waals surface area contributed by atoms with E-state index in [1.54, 1.807) is 12.3 Å². The van der Waals surface area contributed by atoms with Crippen molar-refractivity contribution in [3.63, 3.8) is 0 Å². The molecule has 1 N–H and O–H groups in total. The second-order valence-electron chi connectivity index (χ2n) is 5.41. The average Bonchev–Trinajstić information content (AvgIpc) is 2.80. The molecule has 2 unspecified atom stereocenters. The summed E-state index contributed by atoms with van der Waals surface area (Å²) in [6.45, 7) is 6.01. The minimum absolute atomic E-state index is 0.00236. The first-order valence-corrected chi connectivity index (χ1v) is 6.65. The Labute approximate surface area is 112 Å². The van der Waals surface area contributed by atoms with Gasteiger partial charge < -0.3 is 14.6 Å². The molecule has 2 rings (SSSR count). The summed E-state index contributed by atoms with van der Waals surface area (Å²) >= 11 is 0. The van der Waals surface area contributed by atoms with Crippen LogP contribution in [0.2, 0.25) is 0 Å². The highest BCUT2D eigenvalue weighted by atomic mass is 16.4. The van der Waals surface area contributed by atoms with E-state index in [-0.39, 0.29) is 18.1 Å². The second kappa shape index (κ2) is 5.47. The van der Waals surface area contributed by atoms with Crippen LogP contribution in [-0.4, -0.2) is 39.5 Å². The van der Waals surface area contributed by atoms with Gasteiger partial charge in [-0.25, -0.2) is 4.79 Å². The maximum Gasteiger partial charge on any atom is 0.352 e. The molecular weight excluding hydrogens is 244 g/mol. The van der Waals surface area contributed by atoms with Gasteiger partial charge in [-0.1, -0.05) is 13.8 Å². The smallest absolute Gasteiger partial charge is 0.352 e. The predicted molar refractivity (Wildman–Crippen MR) is 70.9 cm³/mol. The average molecular weight is 264 g/mol. The van der Waals surface area contributed by atoms with Crippen LogP contribution in [0, 0.1) is 11.8 Å². The van der Waals surface area contributed by atoms with Crippen molar-refractivity contribution in [2.24, 2.45) is 11.8 Å². The summed E-state index contributed by atoms with van der Waals surface area (Å²) in [7, 11) is 0. The SMILES string of the molecule is CC1CCN(C(=O)Cn2cccc2C(=O)O)CC1C. The molecule has 0 bridgehead atoms. The molecule has 19 heavy (non-hydrogen) atoms. The largest absolute Gasteiger partial charge is 0.477 e. The van der Waals surface area contributed by atoms with Gasteiger partial charge in [0.15, 0.2) is 0 Å². The third kappa shape index (κ3) is 2.97. The summed E-state index contributed by atoms with van der Waals surface area (Å²) in [6, 6.07) is 3.16. The van der Waals surface area contributed by atoms with E-state index in [0.29, 0.717) is 11.8 Å². The van der Waals surface area contributed by atoms with E-state index >= 15 is 0 Å². The van der Waals surface area contributed by atoms with Crippen molar-refractivity contribution in [2.75, 3.05) is 13.1 Å². The van der Waals surface area contributed by atoms with Gasteiger partial charge in [0.25, 0.3) is 0 Å². The Balaban J connectivity index is 2.01. The zero-order chi connectivity index (χ0) is 14.0. The molecule has 1 aromatic heterocycles. The summed E-state index contributed by atoms with van der Waals surface area (Å²) in [5.74, 6) is 0.141. The molecule has 1 amide bonds. The second-order valence-corrected chi connectivity index (χ2v) is 5.41. The number of hydrogen-bond acceptors (Lipinski definition) is 2. The van der Waals surface area contributed by atoms with Gasteiger partial charge in [-0.05, 0) is 30.4 Å². The molecule has 5 heteroatoms. The molecule has 0 aliphatic carbocycles. The van der Waals surface area contributed by atoms with E-state index in [9.17, 15) is 9.59 Å². The van der Waals surface area contributed by atoms with Crippen LogP contribution in [0.4, 0.5) is 0 Å². The minimum atomic E-state index is -1.00. The number of carboxylic acids is 1.